The highest BCUT2D eigenvalue weighted by Crippen LogP contribution is 2.32. The zero-order chi connectivity index (χ0) is 22.6. The summed E-state index contributed by atoms with van der Waals surface area (Å²) in [7, 11) is 1.82. The van der Waals surface area contributed by atoms with Crippen molar-refractivity contribution in [2.75, 3.05) is 12.4 Å². The van der Waals surface area contributed by atoms with Crippen molar-refractivity contribution in [1.29, 1.82) is 0 Å². The molecule has 0 aliphatic rings. The Labute approximate surface area is 193 Å². The van der Waals surface area contributed by atoms with Crippen LogP contribution in [0.5, 0.6) is 0 Å². The number of aromatic nitrogens is 4. The van der Waals surface area contributed by atoms with Gasteiger partial charge in [-0.2, -0.15) is 0 Å². The molecular weight excluding hydrogens is 408 g/mol. The highest BCUT2D eigenvalue weighted by molar-refractivity contribution is 5.80. The van der Waals surface area contributed by atoms with Gasteiger partial charge in [-0.25, -0.2) is 15.0 Å². The first kappa shape index (κ1) is 20.8. The molecule has 6 heteroatoms. The molecule has 0 radical (unpaired) electrons. The zero-order valence-electron chi connectivity index (χ0n) is 18.8. The van der Waals surface area contributed by atoms with Crippen molar-refractivity contribution < 1.29 is 0 Å². The molecule has 0 unspecified atom stereocenters. The Kier molecular flexibility index (Phi) is 5.83. The molecule has 0 fully saturated rings. The second kappa shape index (κ2) is 9.22. The Morgan fingerprint density at radius 2 is 1.64 bits per heavy atom. The lowest BCUT2D eigenvalue weighted by molar-refractivity contribution is 0.693. The largest absolute Gasteiger partial charge is 0.357 e. The van der Waals surface area contributed by atoms with Crippen molar-refractivity contribution in [3.8, 4) is 22.6 Å². The van der Waals surface area contributed by atoms with E-state index in [1.54, 1.807) is 6.20 Å². The van der Waals surface area contributed by atoms with Gasteiger partial charge in [-0.3, -0.25) is 4.40 Å². The van der Waals surface area contributed by atoms with E-state index >= 15 is 0 Å². The summed E-state index contributed by atoms with van der Waals surface area (Å²) in [4.78, 5) is 14.0. The van der Waals surface area contributed by atoms with Crippen LogP contribution in [-0.2, 0) is 13.1 Å². The molecule has 0 aliphatic carbocycles. The predicted octanol–water partition coefficient (Wildman–Crippen LogP) is 5.10. The zero-order valence-corrected chi connectivity index (χ0v) is 18.8. The number of aryl methyl sites for hydroxylation is 1. The number of hydrogen-bond acceptors (Lipinski definition) is 5. The smallest absolute Gasteiger partial charge is 0.222 e. The maximum absolute atomic E-state index is 5.03. The molecule has 0 spiro atoms. The lowest BCUT2D eigenvalue weighted by Crippen LogP contribution is -2.12. The monoisotopic (exact) mass is 434 g/mol. The summed E-state index contributed by atoms with van der Waals surface area (Å²) in [6.45, 7) is 3.69. The van der Waals surface area contributed by atoms with E-state index in [0.29, 0.717) is 5.95 Å². The molecular formula is C27H26N6. The second-order valence-electron chi connectivity index (χ2n) is 8.04. The van der Waals surface area contributed by atoms with Gasteiger partial charge in [0.05, 0.1) is 17.1 Å². The summed E-state index contributed by atoms with van der Waals surface area (Å²) in [5, 5.41) is 6.55. The first-order valence-corrected chi connectivity index (χ1v) is 11.0. The normalized spacial score (nSPS) is 11.1. The summed E-state index contributed by atoms with van der Waals surface area (Å²) in [6.07, 6.45) is 3.85. The number of nitrogens with zero attached hydrogens (tertiary/aromatic N) is 4. The number of hydrogen-bond donors (Lipinski definition) is 2. The standard InChI is InChI=1S/C27H26N6/c1-19-8-10-22(11-9-19)25-26(23-12-14-30-27(28-2)31-23)33-15-13-21(16-24(33)32-25)18-29-17-20-6-4-3-5-7-20/h3-16,29H,17-18H2,1-2H3,(H,28,30,31). The van der Waals surface area contributed by atoms with E-state index in [2.05, 4.69) is 93.8 Å². The van der Waals surface area contributed by atoms with Crippen molar-refractivity contribution in [3.63, 3.8) is 0 Å². The van der Waals surface area contributed by atoms with Gasteiger partial charge in [0.2, 0.25) is 5.95 Å². The second-order valence-corrected chi connectivity index (χ2v) is 8.04. The van der Waals surface area contributed by atoms with Gasteiger partial charge in [0.25, 0.3) is 0 Å². The number of nitrogens with one attached hydrogen (secondary N) is 2. The van der Waals surface area contributed by atoms with Gasteiger partial charge < -0.3 is 10.6 Å². The lowest BCUT2D eigenvalue weighted by Gasteiger charge is -2.08. The third kappa shape index (κ3) is 4.47. The molecule has 3 aromatic heterocycles. The predicted molar refractivity (Wildman–Crippen MR) is 133 cm³/mol. The fraction of sp³-hybridized carbons (Fsp3) is 0.148. The number of anilines is 1. The van der Waals surface area contributed by atoms with E-state index in [1.165, 1.54) is 16.7 Å². The molecule has 5 aromatic rings. The number of benzene rings is 2. The quantitative estimate of drug-likeness (QED) is 0.373. The number of rotatable bonds is 7. The van der Waals surface area contributed by atoms with Gasteiger partial charge in [0.1, 0.15) is 5.65 Å². The summed E-state index contributed by atoms with van der Waals surface area (Å²) in [6, 6.07) is 25.1. The van der Waals surface area contributed by atoms with Crippen LogP contribution in [0, 0.1) is 6.92 Å². The Morgan fingerprint density at radius 1 is 0.848 bits per heavy atom. The van der Waals surface area contributed by atoms with Gasteiger partial charge in [-0.05, 0) is 36.2 Å². The van der Waals surface area contributed by atoms with E-state index in [4.69, 9.17) is 9.97 Å². The van der Waals surface area contributed by atoms with Gasteiger partial charge in [-0.1, -0.05) is 60.2 Å². The Balaban J connectivity index is 1.53. The number of pyridine rings is 1. The van der Waals surface area contributed by atoms with E-state index in [-0.39, 0.29) is 0 Å². The minimum Gasteiger partial charge on any atom is -0.357 e. The van der Waals surface area contributed by atoms with Crippen LogP contribution in [0.2, 0.25) is 0 Å². The van der Waals surface area contributed by atoms with Crippen LogP contribution < -0.4 is 10.6 Å². The van der Waals surface area contributed by atoms with Crippen LogP contribution in [0.4, 0.5) is 5.95 Å². The lowest BCUT2D eigenvalue weighted by atomic mass is 10.1. The van der Waals surface area contributed by atoms with Crippen molar-refractivity contribution in [3.05, 3.63) is 102 Å². The highest BCUT2D eigenvalue weighted by atomic mass is 15.1. The van der Waals surface area contributed by atoms with Crippen LogP contribution in [0.3, 0.4) is 0 Å². The molecule has 0 atom stereocenters. The number of fused-ring (bicyclic) bond motifs is 1. The van der Waals surface area contributed by atoms with Gasteiger partial charge in [0.15, 0.2) is 0 Å². The third-order valence-corrected chi connectivity index (χ3v) is 5.64. The first-order chi connectivity index (χ1) is 16.2. The molecule has 0 bridgehead atoms. The first-order valence-electron chi connectivity index (χ1n) is 11.0. The maximum Gasteiger partial charge on any atom is 0.222 e. The molecule has 3 heterocycles. The molecule has 0 saturated heterocycles. The minimum atomic E-state index is 0.582. The highest BCUT2D eigenvalue weighted by Gasteiger charge is 2.18. The maximum atomic E-state index is 5.03. The van der Waals surface area contributed by atoms with Gasteiger partial charge in [-0.15, -0.1) is 0 Å². The molecule has 5 rings (SSSR count). The van der Waals surface area contributed by atoms with Gasteiger partial charge in [0, 0.05) is 38.1 Å². The minimum absolute atomic E-state index is 0.582. The summed E-state index contributed by atoms with van der Waals surface area (Å²) in [5.41, 5.74) is 8.32. The Bertz CT molecular complexity index is 1370. The summed E-state index contributed by atoms with van der Waals surface area (Å²) in [5.74, 6) is 0.582. The van der Waals surface area contributed by atoms with Crippen LogP contribution >= 0.6 is 0 Å². The van der Waals surface area contributed by atoms with Crippen LogP contribution in [0.15, 0.2) is 85.2 Å². The summed E-state index contributed by atoms with van der Waals surface area (Å²) >= 11 is 0. The SMILES string of the molecule is CNc1nccc(-c2c(-c3ccc(C)cc3)nc3cc(CNCc4ccccc4)ccn23)n1. The third-order valence-electron chi connectivity index (χ3n) is 5.64. The van der Waals surface area contributed by atoms with E-state index < -0.39 is 0 Å². The molecule has 2 aromatic carbocycles. The number of imidazole rings is 1. The van der Waals surface area contributed by atoms with E-state index in [1.807, 2.05) is 19.2 Å². The molecule has 0 saturated carbocycles. The van der Waals surface area contributed by atoms with Crippen molar-refractivity contribution >= 4 is 11.6 Å². The molecule has 0 aliphatic heterocycles. The fourth-order valence-electron chi connectivity index (χ4n) is 3.91. The molecule has 0 amide bonds. The Morgan fingerprint density at radius 3 is 2.42 bits per heavy atom. The molecule has 6 nitrogen and oxygen atoms in total. The van der Waals surface area contributed by atoms with Gasteiger partial charge >= 0.3 is 0 Å². The molecule has 2 N–H and O–H groups in total. The fourth-order valence-corrected chi connectivity index (χ4v) is 3.91. The van der Waals surface area contributed by atoms with Crippen LogP contribution in [0.25, 0.3) is 28.3 Å². The van der Waals surface area contributed by atoms with E-state index in [0.717, 1.165) is 41.4 Å². The summed E-state index contributed by atoms with van der Waals surface area (Å²) < 4.78 is 2.11. The van der Waals surface area contributed by atoms with Crippen molar-refractivity contribution in [2.24, 2.45) is 0 Å². The molecule has 33 heavy (non-hydrogen) atoms. The topological polar surface area (TPSA) is 67.1 Å². The van der Waals surface area contributed by atoms with Crippen LogP contribution in [-0.4, -0.2) is 26.4 Å². The van der Waals surface area contributed by atoms with Crippen molar-refractivity contribution in [1.82, 2.24) is 24.7 Å². The van der Waals surface area contributed by atoms with E-state index in [9.17, 15) is 0 Å². The molecule has 164 valence electrons. The van der Waals surface area contributed by atoms with Crippen LogP contribution in [0.1, 0.15) is 16.7 Å². The average Bonchev–Trinajstić information content (AvgIpc) is 3.24. The van der Waals surface area contributed by atoms with Crippen molar-refractivity contribution in [2.45, 2.75) is 20.0 Å². The average molecular weight is 435 g/mol. The Hall–Kier alpha value is -4.03.